The first-order chi connectivity index (χ1) is 7.92. The lowest BCUT2D eigenvalue weighted by Crippen LogP contribution is -2.34. The van der Waals surface area contributed by atoms with E-state index in [1.54, 1.807) is 16.7 Å². The van der Waals surface area contributed by atoms with Crippen molar-refractivity contribution < 1.29 is 0 Å². The molecule has 2 heteroatoms. The van der Waals surface area contributed by atoms with Gasteiger partial charge in [0.25, 0.3) is 0 Å². The molecule has 0 amide bonds. The molecule has 2 nitrogen and oxygen atoms in total. The van der Waals surface area contributed by atoms with Gasteiger partial charge in [-0.3, -0.25) is 4.99 Å². The first kappa shape index (κ1) is 8.94. The Kier molecular flexibility index (Phi) is 1.77. The van der Waals surface area contributed by atoms with Crippen LogP contribution >= 0.6 is 0 Å². The van der Waals surface area contributed by atoms with Crippen LogP contribution in [0.1, 0.15) is 25.7 Å². The SMILES string of the molecule is C1=NC/C=C\C2=C3CC4CC1=C2CCC3N4. The molecule has 2 unspecified atom stereocenters. The molecule has 1 saturated heterocycles. The third-order valence-corrected chi connectivity index (χ3v) is 4.27. The van der Waals surface area contributed by atoms with Crippen LogP contribution in [0.3, 0.4) is 0 Å². The van der Waals surface area contributed by atoms with Gasteiger partial charge in [0.05, 0.1) is 6.54 Å². The molecule has 2 aliphatic heterocycles. The van der Waals surface area contributed by atoms with E-state index in [4.69, 9.17) is 0 Å². The molecule has 4 aliphatic rings. The van der Waals surface area contributed by atoms with Gasteiger partial charge in [0, 0.05) is 18.3 Å². The molecule has 2 aliphatic carbocycles. The van der Waals surface area contributed by atoms with E-state index in [-0.39, 0.29) is 0 Å². The second-order valence-corrected chi connectivity index (χ2v) is 5.20. The summed E-state index contributed by atoms with van der Waals surface area (Å²) in [7, 11) is 0. The number of fused-ring (bicyclic) bond motifs is 1. The Hall–Kier alpha value is -1.15. The van der Waals surface area contributed by atoms with Gasteiger partial charge in [-0.05, 0) is 48.0 Å². The summed E-state index contributed by atoms with van der Waals surface area (Å²) in [5.41, 5.74) is 6.30. The zero-order valence-corrected chi connectivity index (χ0v) is 9.37. The summed E-state index contributed by atoms with van der Waals surface area (Å²) in [6.07, 6.45) is 11.6. The second kappa shape index (κ2) is 3.17. The average Bonchev–Trinajstić information content (AvgIpc) is 2.57. The van der Waals surface area contributed by atoms with Gasteiger partial charge in [-0.1, -0.05) is 12.2 Å². The summed E-state index contributed by atoms with van der Waals surface area (Å²) in [5.74, 6) is 0. The second-order valence-electron chi connectivity index (χ2n) is 5.20. The van der Waals surface area contributed by atoms with Crippen molar-refractivity contribution in [3.8, 4) is 0 Å². The molecule has 0 radical (unpaired) electrons. The van der Waals surface area contributed by atoms with Gasteiger partial charge in [0.1, 0.15) is 0 Å². The maximum atomic E-state index is 4.47. The summed E-state index contributed by atoms with van der Waals surface area (Å²) in [6, 6.07) is 1.34. The van der Waals surface area contributed by atoms with Gasteiger partial charge in [0.15, 0.2) is 0 Å². The number of nitrogens with zero attached hydrogens (tertiary/aromatic N) is 1. The van der Waals surface area contributed by atoms with Gasteiger partial charge in [-0.2, -0.15) is 0 Å². The Labute approximate surface area is 95.8 Å². The highest BCUT2D eigenvalue weighted by molar-refractivity contribution is 5.83. The topological polar surface area (TPSA) is 24.4 Å². The van der Waals surface area contributed by atoms with Crippen LogP contribution in [-0.4, -0.2) is 24.8 Å². The highest BCUT2D eigenvalue weighted by Crippen LogP contribution is 2.43. The minimum absolute atomic E-state index is 0.667. The van der Waals surface area contributed by atoms with Crippen LogP contribution in [-0.2, 0) is 0 Å². The molecule has 2 atom stereocenters. The average molecular weight is 212 g/mol. The Balaban J connectivity index is 2.00. The third kappa shape index (κ3) is 1.14. The number of nitrogens with one attached hydrogen (secondary N) is 1. The van der Waals surface area contributed by atoms with Gasteiger partial charge >= 0.3 is 0 Å². The maximum Gasteiger partial charge on any atom is 0.0573 e. The molecule has 0 saturated carbocycles. The van der Waals surface area contributed by atoms with E-state index in [0.29, 0.717) is 12.1 Å². The van der Waals surface area contributed by atoms with Crippen molar-refractivity contribution in [1.29, 1.82) is 0 Å². The lowest BCUT2D eigenvalue weighted by atomic mass is 9.82. The predicted molar refractivity (Wildman–Crippen MR) is 65.7 cm³/mol. The molecule has 2 heterocycles. The quantitative estimate of drug-likeness (QED) is 0.653. The fraction of sp³-hybridized carbons (Fsp3) is 0.500. The summed E-state index contributed by atoms with van der Waals surface area (Å²) in [4.78, 5) is 4.47. The van der Waals surface area contributed by atoms with E-state index in [0.717, 1.165) is 6.54 Å². The minimum Gasteiger partial charge on any atom is -0.307 e. The van der Waals surface area contributed by atoms with E-state index in [1.807, 2.05) is 0 Å². The summed E-state index contributed by atoms with van der Waals surface area (Å²) >= 11 is 0. The van der Waals surface area contributed by atoms with Crippen LogP contribution in [0.4, 0.5) is 0 Å². The zero-order chi connectivity index (χ0) is 10.5. The van der Waals surface area contributed by atoms with E-state index in [2.05, 4.69) is 28.7 Å². The Morgan fingerprint density at radius 1 is 1.31 bits per heavy atom. The molecule has 1 fully saturated rings. The van der Waals surface area contributed by atoms with Crippen molar-refractivity contribution in [1.82, 2.24) is 5.32 Å². The van der Waals surface area contributed by atoms with Gasteiger partial charge in [-0.25, -0.2) is 0 Å². The zero-order valence-electron chi connectivity index (χ0n) is 9.37. The fourth-order valence-corrected chi connectivity index (χ4v) is 3.61. The Morgan fingerprint density at radius 2 is 2.31 bits per heavy atom. The molecule has 0 spiro atoms. The lowest BCUT2D eigenvalue weighted by Gasteiger charge is -2.28. The normalized spacial score (nSPS) is 37.5. The minimum atomic E-state index is 0.667. The fourth-order valence-electron chi connectivity index (χ4n) is 3.61. The number of aliphatic imine (C=N–C) groups is 1. The number of hydrogen-bond acceptors (Lipinski definition) is 2. The molecule has 0 aromatic rings. The molecule has 82 valence electrons. The highest BCUT2D eigenvalue weighted by atomic mass is 15.0. The molecule has 1 N–H and O–H groups in total. The van der Waals surface area contributed by atoms with Gasteiger partial charge in [0.2, 0.25) is 0 Å². The van der Waals surface area contributed by atoms with E-state index >= 15 is 0 Å². The molecule has 16 heavy (non-hydrogen) atoms. The Bertz CT molecular complexity index is 465. The van der Waals surface area contributed by atoms with Gasteiger partial charge < -0.3 is 5.32 Å². The smallest absolute Gasteiger partial charge is 0.0573 e. The van der Waals surface area contributed by atoms with Crippen molar-refractivity contribution in [2.45, 2.75) is 37.8 Å². The van der Waals surface area contributed by atoms with Crippen molar-refractivity contribution in [3.63, 3.8) is 0 Å². The molecule has 5 bridgehead atoms. The van der Waals surface area contributed by atoms with Crippen molar-refractivity contribution in [3.05, 3.63) is 34.4 Å². The van der Waals surface area contributed by atoms with Gasteiger partial charge in [-0.15, -0.1) is 0 Å². The van der Waals surface area contributed by atoms with E-state index in [9.17, 15) is 0 Å². The van der Waals surface area contributed by atoms with Crippen LogP contribution < -0.4 is 5.32 Å². The first-order valence-corrected chi connectivity index (χ1v) is 6.29. The molecule has 0 aromatic heterocycles. The molecular formula is C14H16N2. The predicted octanol–water partition coefficient (Wildman–Crippen LogP) is 2.15. The highest BCUT2D eigenvalue weighted by Gasteiger charge is 2.37. The summed E-state index contributed by atoms with van der Waals surface area (Å²) < 4.78 is 0. The number of allylic oxidation sites excluding steroid dienone is 3. The van der Waals surface area contributed by atoms with Crippen LogP contribution in [0, 0.1) is 0 Å². The standard InChI is InChI=1S/C14H16N2/c1-2-12-11-3-4-14-13(12)7-10(16-14)6-9(11)8-15-5-1/h1-2,8,10,14,16H,3-7H2/b2-1-,15-8?. The number of rotatable bonds is 0. The van der Waals surface area contributed by atoms with Crippen LogP contribution in [0.25, 0.3) is 0 Å². The molecule has 0 aromatic carbocycles. The summed E-state index contributed by atoms with van der Waals surface area (Å²) in [5, 5.41) is 3.77. The van der Waals surface area contributed by atoms with Crippen LogP contribution in [0.2, 0.25) is 0 Å². The summed E-state index contributed by atoms with van der Waals surface area (Å²) in [6.45, 7) is 0.844. The van der Waals surface area contributed by atoms with Crippen LogP contribution in [0.5, 0.6) is 0 Å². The third-order valence-electron chi connectivity index (χ3n) is 4.27. The van der Waals surface area contributed by atoms with E-state index < -0.39 is 0 Å². The Morgan fingerprint density at radius 3 is 3.31 bits per heavy atom. The monoisotopic (exact) mass is 212 g/mol. The van der Waals surface area contributed by atoms with Crippen molar-refractivity contribution in [2.75, 3.05) is 6.54 Å². The number of hydrogen-bond donors (Lipinski definition) is 1. The van der Waals surface area contributed by atoms with Crippen molar-refractivity contribution >= 4 is 6.21 Å². The van der Waals surface area contributed by atoms with Crippen molar-refractivity contribution in [2.24, 2.45) is 4.99 Å². The lowest BCUT2D eigenvalue weighted by molar-refractivity contribution is 0.504. The maximum absolute atomic E-state index is 4.47. The first-order valence-electron chi connectivity index (χ1n) is 6.29. The molecular weight excluding hydrogens is 196 g/mol. The van der Waals surface area contributed by atoms with E-state index in [1.165, 1.54) is 31.3 Å². The molecule has 4 rings (SSSR count). The van der Waals surface area contributed by atoms with Crippen LogP contribution in [0.15, 0.2) is 39.4 Å². The largest absolute Gasteiger partial charge is 0.307 e.